The van der Waals surface area contributed by atoms with Crippen LogP contribution in [0.5, 0.6) is 0 Å². The molecular formula is C11H15N. The van der Waals surface area contributed by atoms with Gasteiger partial charge in [-0.1, -0.05) is 18.2 Å². The van der Waals surface area contributed by atoms with Crippen LogP contribution in [0.15, 0.2) is 30.3 Å². The molecule has 1 saturated heterocycles. The van der Waals surface area contributed by atoms with E-state index in [0.29, 0.717) is 0 Å². The average molecular weight is 161 g/mol. The summed E-state index contributed by atoms with van der Waals surface area (Å²) >= 11 is 0. The summed E-state index contributed by atoms with van der Waals surface area (Å²) in [6, 6.07) is 12.1. The highest BCUT2D eigenvalue weighted by Gasteiger charge is 2.31. The molecule has 1 aromatic carbocycles. The van der Waals surface area contributed by atoms with Crippen LogP contribution in [0.3, 0.4) is 0 Å². The van der Waals surface area contributed by atoms with Crippen molar-refractivity contribution in [2.75, 3.05) is 4.90 Å². The van der Waals surface area contributed by atoms with Gasteiger partial charge in [-0.2, -0.15) is 0 Å². The number of hydrogen-bond acceptors (Lipinski definition) is 1. The van der Waals surface area contributed by atoms with Gasteiger partial charge in [0.05, 0.1) is 0 Å². The van der Waals surface area contributed by atoms with Gasteiger partial charge in [-0.05, 0) is 32.4 Å². The Kier molecular flexibility index (Phi) is 1.80. The smallest absolute Gasteiger partial charge is 0.0371 e. The van der Waals surface area contributed by atoms with Gasteiger partial charge in [0.2, 0.25) is 0 Å². The van der Waals surface area contributed by atoms with Crippen molar-refractivity contribution < 1.29 is 0 Å². The van der Waals surface area contributed by atoms with E-state index in [2.05, 4.69) is 49.1 Å². The topological polar surface area (TPSA) is 3.24 Å². The van der Waals surface area contributed by atoms with E-state index in [1.807, 2.05) is 0 Å². The highest BCUT2D eigenvalue weighted by molar-refractivity contribution is 5.50. The summed E-state index contributed by atoms with van der Waals surface area (Å²) in [5.74, 6) is 0. The second kappa shape index (κ2) is 2.81. The lowest BCUT2D eigenvalue weighted by Gasteiger charge is -2.47. The largest absolute Gasteiger partial charge is 0.366 e. The number of para-hydroxylation sites is 1. The van der Waals surface area contributed by atoms with Crippen LogP contribution < -0.4 is 4.90 Å². The molecule has 12 heavy (non-hydrogen) atoms. The normalized spacial score (nSPS) is 28.3. The minimum atomic E-state index is 0.724. The molecule has 1 aliphatic rings. The first-order valence-corrected chi connectivity index (χ1v) is 4.62. The zero-order chi connectivity index (χ0) is 8.55. The van der Waals surface area contributed by atoms with Gasteiger partial charge in [0.15, 0.2) is 0 Å². The van der Waals surface area contributed by atoms with E-state index in [1.165, 1.54) is 12.1 Å². The lowest BCUT2D eigenvalue weighted by atomic mass is 9.95. The van der Waals surface area contributed by atoms with Crippen molar-refractivity contribution in [3.8, 4) is 0 Å². The highest BCUT2D eigenvalue weighted by atomic mass is 15.2. The molecule has 1 heteroatoms. The van der Waals surface area contributed by atoms with Gasteiger partial charge >= 0.3 is 0 Å². The monoisotopic (exact) mass is 161 g/mol. The van der Waals surface area contributed by atoms with Gasteiger partial charge in [-0.25, -0.2) is 0 Å². The Hall–Kier alpha value is -0.980. The Morgan fingerprint density at radius 2 is 1.67 bits per heavy atom. The molecule has 0 spiro atoms. The van der Waals surface area contributed by atoms with Crippen molar-refractivity contribution in [1.82, 2.24) is 0 Å². The fraction of sp³-hybridized carbons (Fsp3) is 0.455. The molecule has 2 rings (SSSR count). The van der Waals surface area contributed by atoms with Crippen LogP contribution >= 0.6 is 0 Å². The molecule has 1 aliphatic heterocycles. The van der Waals surface area contributed by atoms with Crippen molar-refractivity contribution in [2.24, 2.45) is 0 Å². The summed E-state index contributed by atoms with van der Waals surface area (Å²) in [6.07, 6.45) is 1.33. The summed E-state index contributed by atoms with van der Waals surface area (Å²) in [5.41, 5.74) is 1.36. The minimum Gasteiger partial charge on any atom is -0.366 e. The van der Waals surface area contributed by atoms with E-state index in [1.54, 1.807) is 0 Å². The second-order valence-corrected chi connectivity index (χ2v) is 3.68. The predicted octanol–water partition coefficient (Wildman–Crippen LogP) is 2.67. The predicted molar refractivity (Wildman–Crippen MR) is 52.5 cm³/mol. The van der Waals surface area contributed by atoms with Gasteiger partial charge in [0.25, 0.3) is 0 Å². The quantitative estimate of drug-likeness (QED) is 0.612. The summed E-state index contributed by atoms with van der Waals surface area (Å²) in [6.45, 7) is 4.57. The van der Waals surface area contributed by atoms with Crippen LogP contribution in [-0.4, -0.2) is 12.1 Å². The molecule has 0 unspecified atom stereocenters. The van der Waals surface area contributed by atoms with Crippen molar-refractivity contribution in [2.45, 2.75) is 32.4 Å². The number of anilines is 1. The molecule has 0 bridgehead atoms. The molecule has 0 radical (unpaired) electrons. The first kappa shape index (κ1) is 7.66. The van der Waals surface area contributed by atoms with E-state index in [-0.39, 0.29) is 0 Å². The molecule has 0 amide bonds. The lowest BCUT2D eigenvalue weighted by Crippen LogP contribution is -2.53. The van der Waals surface area contributed by atoms with Crippen LogP contribution in [0.25, 0.3) is 0 Å². The van der Waals surface area contributed by atoms with Crippen molar-refractivity contribution >= 4 is 5.69 Å². The van der Waals surface area contributed by atoms with Crippen LogP contribution in [0.2, 0.25) is 0 Å². The lowest BCUT2D eigenvalue weighted by molar-refractivity contribution is 0.380. The molecule has 0 N–H and O–H groups in total. The van der Waals surface area contributed by atoms with Gasteiger partial charge in [-0.3, -0.25) is 0 Å². The van der Waals surface area contributed by atoms with Crippen LogP contribution in [0.1, 0.15) is 20.3 Å². The van der Waals surface area contributed by atoms with Gasteiger partial charge in [0.1, 0.15) is 0 Å². The molecule has 1 nitrogen and oxygen atoms in total. The SMILES string of the molecule is C[C@@H]1C[C@@H](C)N1c1ccccc1. The van der Waals surface area contributed by atoms with Crippen LogP contribution in [-0.2, 0) is 0 Å². The van der Waals surface area contributed by atoms with Crippen LogP contribution in [0.4, 0.5) is 5.69 Å². The Labute approximate surface area is 74.0 Å². The number of rotatable bonds is 1. The molecule has 1 heterocycles. The maximum Gasteiger partial charge on any atom is 0.0371 e. The molecule has 1 aromatic rings. The molecule has 2 atom stereocenters. The standard InChI is InChI=1S/C11H15N/c1-9-8-10(2)12(9)11-6-4-3-5-7-11/h3-7,9-10H,8H2,1-2H3/t9-,10-/m1/s1. The van der Waals surface area contributed by atoms with Gasteiger partial charge < -0.3 is 4.90 Å². The Morgan fingerprint density at radius 3 is 2.17 bits per heavy atom. The third kappa shape index (κ3) is 1.09. The van der Waals surface area contributed by atoms with Gasteiger partial charge in [-0.15, -0.1) is 0 Å². The Morgan fingerprint density at radius 1 is 1.08 bits per heavy atom. The fourth-order valence-corrected chi connectivity index (χ4v) is 2.13. The number of hydrogen-bond donors (Lipinski definition) is 0. The molecular weight excluding hydrogens is 146 g/mol. The molecule has 0 saturated carbocycles. The zero-order valence-electron chi connectivity index (χ0n) is 7.70. The van der Waals surface area contributed by atoms with Crippen molar-refractivity contribution in [3.05, 3.63) is 30.3 Å². The van der Waals surface area contributed by atoms with E-state index in [9.17, 15) is 0 Å². The molecule has 1 fully saturated rings. The summed E-state index contributed by atoms with van der Waals surface area (Å²) < 4.78 is 0. The van der Waals surface area contributed by atoms with Crippen LogP contribution in [0, 0.1) is 0 Å². The Bertz CT molecular complexity index is 247. The van der Waals surface area contributed by atoms with E-state index < -0.39 is 0 Å². The number of nitrogens with zero attached hydrogens (tertiary/aromatic N) is 1. The first-order valence-electron chi connectivity index (χ1n) is 4.62. The molecule has 0 aromatic heterocycles. The summed E-state index contributed by atoms with van der Waals surface area (Å²) in [7, 11) is 0. The second-order valence-electron chi connectivity index (χ2n) is 3.68. The maximum atomic E-state index is 2.47. The summed E-state index contributed by atoms with van der Waals surface area (Å²) in [5, 5.41) is 0. The molecule has 64 valence electrons. The third-order valence-corrected chi connectivity index (χ3v) is 2.69. The summed E-state index contributed by atoms with van der Waals surface area (Å²) in [4.78, 5) is 2.47. The maximum absolute atomic E-state index is 2.47. The Balaban J connectivity index is 2.20. The first-order chi connectivity index (χ1) is 5.79. The fourth-order valence-electron chi connectivity index (χ4n) is 2.13. The van der Waals surface area contributed by atoms with Gasteiger partial charge in [0, 0.05) is 17.8 Å². The average Bonchev–Trinajstić information content (AvgIpc) is 2.05. The number of benzene rings is 1. The molecule has 0 aliphatic carbocycles. The van der Waals surface area contributed by atoms with E-state index >= 15 is 0 Å². The van der Waals surface area contributed by atoms with Crippen molar-refractivity contribution in [3.63, 3.8) is 0 Å². The van der Waals surface area contributed by atoms with E-state index in [0.717, 1.165) is 12.1 Å². The zero-order valence-corrected chi connectivity index (χ0v) is 7.70. The minimum absolute atomic E-state index is 0.724. The highest BCUT2D eigenvalue weighted by Crippen LogP contribution is 2.31. The van der Waals surface area contributed by atoms with Crippen molar-refractivity contribution in [1.29, 1.82) is 0 Å². The third-order valence-electron chi connectivity index (χ3n) is 2.69. The van der Waals surface area contributed by atoms with E-state index in [4.69, 9.17) is 0 Å².